The van der Waals surface area contributed by atoms with Crippen LogP contribution in [0, 0.1) is 5.41 Å². The molecule has 0 radical (unpaired) electrons. The molecule has 0 N–H and O–H groups in total. The highest BCUT2D eigenvalue weighted by atomic mass is 16.5. The van der Waals surface area contributed by atoms with Crippen molar-refractivity contribution in [2.24, 2.45) is 5.41 Å². The molecular formula is C27H32N4O2. The van der Waals surface area contributed by atoms with Crippen LogP contribution in [-0.2, 0) is 6.61 Å². The van der Waals surface area contributed by atoms with Crippen molar-refractivity contribution in [2.75, 3.05) is 31.1 Å². The van der Waals surface area contributed by atoms with Crippen LogP contribution in [-0.4, -0.2) is 47.3 Å². The minimum absolute atomic E-state index is 0.452. The lowest BCUT2D eigenvalue weighted by molar-refractivity contribution is 0.129. The molecule has 3 aromatic rings. The average molecular weight is 445 g/mol. The minimum atomic E-state index is 0.452. The Morgan fingerprint density at radius 2 is 1.76 bits per heavy atom. The zero-order valence-electron chi connectivity index (χ0n) is 19.1. The second-order valence-electron chi connectivity index (χ2n) is 10.1. The van der Waals surface area contributed by atoms with Crippen LogP contribution in [0.5, 0.6) is 5.75 Å². The molecule has 1 saturated carbocycles. The summed E-state index contributed by atoms with van der Waals surface area (Å²) in [6.07, 6.45) is 7.79. The number of hydrogen-bond donors (Lipinski definition) is 0. The van der Waals surface area contributed by atoms with Crippen molar-refractivity contribution in [3.63, 3.8) is 0 Å². The van der Waals surface area contributed by atoms with E-state index in [-0.39, 0.29) is 0 Å². The Labute approximate surface area is 195 Å². The van der Waals surface area contributed by atoms with Gasteiger partial charge in [0.2, 0.25) is 6.39 Å². The SMILES string of the molecule is c1ccc(COc2ccccc2C2CCN(C3CCC4(C3)CN(c3nnco3)C4)CC2)cc1. The van der Waals surface area contributed by atoms with E-state index >= 15 is 0 Å². The molecule has 1 aliphatic carbocycles. The summed E-state index contributed by atoms with van der Waals surface area (Å²) in [4.78, 5) is 4.99. The summed E-state index contributed by atoms with van der Waals surface area (Å²) in [5.74, 6) is 1.63. The number of benzene rings is 2. The van der Waals surface area contributed by atoms with Crippen LogP contribution in [0.15, 0.2) is 65.4 Å². The molecular weight excluding hydrogens is 412 g/mol. The van der Waals surface area contributed by atoms with Crippen LogP contribution in [0.4, 0.5) is 6.01 Å². The number of ether oxygens (including phenoxy) is 1. The number of anilines is 1. The molecule has 6 nitrogen and oxygen atoms in total. The molecule has 6 rings (SSSR count). The number of rotatable bonds is 6. The molecule has 0 amide bonds. The highest BCUT2D eigenvalue weighted by molar-refractivity contribution is 5.37. The predicted molar refractivity (Wildman–Crippen MR) is 127 cm³/mol. The summed E-state index contributed by atoms with van der Waals surface area (Å²) in [7, 11) is 0. The van der Waals surface area contributed by atoms with Crippen molar-refractivity contribution >= 4 is 6.01 Å². The van der Waals surface area contributed by atoms with Crippen LogP contribution < -0.4 is 9.64 Å². The Hall–Kier alpha value is -2.86. The Morgan fingerprint density at radius 3 is 2.55 bits per heavy atom. The van der Waals surface area contributed by atoms with Gasteiger partial charge in [-0.2, -0.15) is 0 Å². The summed E-state index contributed by atoms with van der Waals surface area (Å²) in [5.41, 5.74) is 3.05. The van der Waals surface area contributed by atoms with Gasteiger partial charge >= 0.3 is 6.01 Å². The molecule has 2 aromatic carbocycles. The summed E-state index contributed by atoms with van der Waals surface area (Å²) >= 11 is 0. The Morgan fingerprint density at radius 1 is 0.970 bits per heavy atom. The van der Waals surface area contributed by atoms with E-state index in [4.69, 9.17) is 9.15 Å². The molecule has 1 aromatic heterocycles. The molecule has 1 spiro atoms. The number of nitrogens with zero attached hydrogens (tertiary/aromatic N) is 4. The summed E-state index contributed by atoms with van der Waals surface area (Å²) in [6, 6.07) is 20.5. The fourth-order valence-electron chi connectivity index (χ4n) is 6.24. The van der Waals surface area contributed by atoms with E-state index in [0.717, 1.165) is 24.9 Å². The number of para-hydroxylation sites is 1. The molecule has 2 saturated heterocycles. The van der Waals surface area contributed by atoms with E-state index in [9.17, 15) is 0 Å². The summed E-state index contributed by atoms with van der Waals surface area (Å²) in [6.45, 7) is 5.13. The van der Waals surface area contributed by atoms with Gasteiger partial charge in [0.1, 0.15) is 12.4 Å². The van der Waals surface area contributed by atoms with Gasteiger partial charge in [0.15, 0.2) is 0 Å². The molecule has 3 heterocycles. The van der Waals surface area contributed by atoms with Crippen molar-refractivity contribution in [3.8, 4) is 5.75 Å². The normalized spacial score (nSPS) is 23.0. The van der Waals surface area contributed by atoms with Gasteiger partial charge in [-0.05, 0) is 68.3 Å². The van der Waals surface area contributed by atoms with Gasteiger partial charge in [-0.15, -0.1) is 5.10 Å². The topological polar surface area (TPSA) is 54.6 Å². The average Bonchev–Trinajstić information content (AvgIpc) is 3.53. The van der Waals surface area contributed by atoms with Crippen LogP contribution >= 0.6 is 0 Å². The molecule has 172 valence electrons. The smallest absolute Gasteiger partial charge is 0.317 e. The highest BCUT2D eigenvalue weighted by Gasteiger charge is 2.50. The zero-order valence-corrected chi connectivity index (χ0v) is 19.1. The van der Waals surface area contributed by atoms with E-state index in [1.165, 1.54) is 62.7 Å². The standard InChI is InChI=1S/C27H32N4O2/c1-2-6-21(7-3-1)17-32-25-9-5-4-8-24(25)22-11-14-30(15-12-22)23-10-13-27(16-23)18-31(19-27)26-29-28-20-33-26/h1-9,20,22-23H,10-19H2. The van der Waals surface area contributed by atoms with Crippen molar-refractivity contribution in [2.45, 2.75) is 50.7 Å². The van der Waals surface area contributed by atoms with E-state index < -0.39 is 0 Å². The third kappa shape index (κ3) is 4.24. The lowest BCUT2D eigenvalue weighted by Crippen LogP contribution is -2.56. The van der Waals surface area contributed by atoms with Gasteiger partial charge < -0.3 is 19.0 Å². The first-order chi connectivity index (χ1) is 16.3. The van der Waals surface area contributed by atoms with E-state index in [0.29, 0.717) is 24.0 Å². The number of piperidine rings is 1. The molecule has 3 fully saturated rings. The molecule has 0 bridgehead atoms. The van der Waals surface area contributed by atoms with Gasteiger partial charge in [-0.1, -0.05) is 53.6 Å². The zero-order chi connectivity index (χ0) is 22.1. The van der Waals surface area contributed by atoms with Crippen LogP contribution in [0.2, 0.25) is 0 Å². The maximum atomic E-state index is 6.26. The van der Waals surface area contributed by atoms with E-state index in [1.54, 1.807) is 0 Å². The van der Waals surface area contributed by atoms with Gasteiger partial charge in [0.25, 0.3) is 0 Å². The van der Waals surface area contributed by atoms with Gasteiger partial charge in [-0.3, -0.25) is 0 Å². The monoisotopic (exact) mass is 444 g/mol. The maximum Gasteiger partial charge on any atom is 0.317 e. The van der Waals surface area contributed by atoms with Gasteiger partial charge in [-0.25, -0.2) is 0 Å². The largest absolute Gasteiger partial charge is 0.489 e. The van der Waals surface area contributed by atoms with Crippen molar-refractivity contribution < 1.29 is 9.15 Å². The molecule has 2 aliphatic heterocycles. The third-order valence-electron chi connectivity index (χ3n) is 7.99. The number of likely N-dealkylation sites (tertiary alicyclic amines) is 1. The van der Waals surface area contributed by atoms with Crippen LogP contribution in [0.1, 0.15) is 49.1 Å². The Kier molecular flexibility index (Phi) is 5.54. The molecule has 33 heavy (non-hydrogen) atoms. The van der Waals surface area contributed by atoms with Crippen molar-refractivity contribution in [3.05, 3.63) is 72.1 Å². The van der Waals surface area contributed by atoms with E-state index in [2.05, 4.69) is 68.5 Å². The first-order valence-electron chi connectivity index (χ1n) is 12.3. The fraction of sp³-hybridized carbons (Fsp3) is 0.481. The van der Waals surface area contributed by atoms with Crippen LogP contribution in [0.25, 0.3) is 0 Å². The summed E-state index contributed by atoms with van der Waals surface area (Å²) < 4.78 is 11.6. The van der Waals surface area contributed by atoms with Crippen LogP contribution in [0.3, 0.4) is 0 Å². The Bertz CT molecular complexity index is 1040. The van der Waals surface area contributed by atoms with Gasteiger partial charge in [0.05, 0.1) is 0 Å². The first-order valence-corrected chi connectivity index (χ1v) is 12.3. The quantitative estimate of drug-likeness (QED) is 0.540. The molecule has 1 unspecified atom stereocenters. The number of aromatic nitrogens is 2. The second-order valence-corrected chi connectivity index (χ2v) is 10.1. The minimum Gasteiger partial charge on any atom is -0.489 e. The lowest BCUT2D eigenvalue weighted by Gasteiger charge is -2.48. The maximum absolute atomic E-state index is 6.26. The highest BCUT2D eigenvalue weighted by Crippen LogP contribution is 2.49. The van der Waals surface area contributed by atoms with E-state index in [1.807, 2.05) is 6.07 Å². The fourth-order valence-corrected chi connectivity index (χ4v) is 6.24. The Balaban J connectivity index is 1.03. The number of hydrogen-bond acceptors (Lipinski definition) is 6. The van der Waals surface area contributed by atoms with Crippen molar-refractivity contribution in [1.29, 1.82) is 0 Å². The van der Waals surface area contributed by atoms with Gasteiger partial charge in [0, 0.05) is 24.5 Å². The molecule has 1 atom stereocenters. The third-order valence-corrected chi connectivity index (χ3v) is 7.99. The predicted octanol–water partition coefficient (Wildman–Crippen LogP) is 4.89. The lowest BCUT2D eigenvalue weighted by atomic mass is 9.78. The second kappa shape index (κ2) is 8.82. The molecule has 6 heteroatoms. The summed E-state index contributed by atoms with van der Waals surface area (Å²) in [5, 5.41) is 7.88. The first kappa shape index (κ1) is 20.7. The molecule has 3 aliphatic rings. The van der Waals surface area contributed by atoms with Crippen molar-refractivity contribution in [1.82, 2.24) is 15.1 Å².